The summed E-state index contributed by atoms with van der Waals surface area (Å²) in [4.78, 5) is 18.5. The summed E-state index contributed by atoms with van der Waals surface area (Å²) >= 11 is 0. The van der Waals surface area contributed by atoms with E-state index in [2.05, 4.69) is 65.9 Å². The highest BCUT2D eigenvalue weighted by atomic mass is 16.1. The van der Waals surface area contributed by atoms with Gasteiger partial charge < -0.3 is 16.0 Å². The van der Waals surface area contributed by atoms with Crippen LogP contribution < -0.4 is 16.0 Å². The first-order valence-electron chi connectivity index (χ1n) is 10.1. The molecule has 3 N–H and O–H groups in total. The molecule has 1 saturated heterocycles. The van der Waals surface area contributed by atoms with Crippen LogP contribution in [0.2, 0.25) is 0 Å². The zero-order valence-electron chi connectivity index (χ0n) is 17.2. The van der Waals surface area contributed by atoms with Crippen molar-refractivity contribution in [3.05, 3.63) is 35.4 Å². The Labute approximate surface area is 163 Å². The molecule has 0 aromatic heterocycles. The van der Waals surface area contributed by atoms with Gasteiger partial charge >= 0.3 is 0 Å². The molecule has 6 heteroatoms. The van der Waals surface area contributed by atoms with Crippen LogP contribution in [0.25, 0.3) is 0 Å². The molecule has 1 unspecified atom stereocenters. The Bertz CT molecular complexity index is 623. The fraction of sp³-hybridized carbons (Fsp3) is 0.619. The quantitative estimate of drug-likeness (QED) is 0.504. The van der Waals surface area contributed by atoms with Crippen molar-refractivity contribution < 1.29 is 4.79 Å². The molecule has 1 fully saturated rings. The third kappa shape index (κ3) is 7.21. The van der Waals surface area contributed by atoms with Gasteiger partial charge in [-0.3, -0.25) is 14.7 Å². The first-order valence-corrected chi connectivity index (χ1v) is 10.1. The molecule has 1 aromatic rings. The first kappa shape index (κ1) is 21.2. The number of nitrogens with one attached hydrogen (secondary N) is 3. The molecule has 6 nitrogen and oxygen atoms in total. The molecular weight excluding hydrogens is 338 g/mol. The lowest BCUT2D eigenvalue weighted by atomic mass is 10.00. The van der Waals surface area contributed by atoms with Crippen molar-refractivity contribution in [2.24, 2.45) is 4.99 Å². The number of rotatable bonds is 7. The maximum atomic E-state index is 11.5. The highest BCUT2D eigenvalue weighted by Crippen LogP contribution is 2.17. The van der Waals surface area contributed by atoms with Crippen LogP contribution in [0.15, 0.2) is 29.3 Å². The standard InChI is InChI=1S/C21H35N5O/c1-5-23-21(24-14-17(3)18-8-6-7-16(2)13-18)25-19-9-11-26(12-10-19)15-20(27)22-4/h6-8,13,17,19H,5,9-12,14-15H2,1-4H3,(H,22,27)(H2,23,24,25). The summed E-state index contributed by atoms with van der Waals surface area (Å²) in [6, 6.07) is 9.05. The van der Waals surface area contributed by atoms with Crippen molar-refractivity contribution in [3.8, 4) is 0 Å². The average molecular weight is 374 g/mol. The fourth-order valence-electron chi connectivity index (χ4n) is 3.34. The van der Waals surface area contributed by atoms with Gasteiger partial charge in [0.2, 0.25) is 5.91 Å². The summed E-state index contributed by atoms with van der Waals surface area (Å²) in [5, 5.41) is 9.63. The van der Waals surface area contributed by atoms with Gasteiger partial charge in [0.1, 0.15) is 0 Å². The molecule has 0 bridgehead atoms. The van der Waals surface area contributed by atoms with E-state index in [0.29, 0.717) is 18.5 Å². The van der Waals surface area contributed by atoms with Crippen LogP contribution in [0.1, 0.15) is 43.7 Å². The second kappa shape index (κ2) is 10.9. The van der Waals surface area contributed by atoms with Crippen molar-refractivity contribution in [1.29, 1.82) is 0 Å². The van der Waals surface area contributed by atoms with Crippen LogP contribution in [0.3, 0.4) is 0 Å². The van der Waals surface area contributed by atoms with Gasteiger partial charge in [0.05, 0.1) is 6.54 Å². The summed E-state index contributed by atoms with van der Waals surface area (Å²) < 4.78 is 0. The topological polar surface area (TPSA) is 68.8 Å². The van der Waals surface area contributed by atoms with Crippen molar-refractivity contribution in [1.82, 2.24) is 20.9 Å². The normalized spacial score (nSPS) is 17.4. The van der Waals surface area contributed by atoms with E-state index >= 15 is 0 Å². The second-order valence-corrected chi connectivity index (χ2v) is 7.40. The van der Waals surface area contributed by atoms with Crippen LogP contribution in [0.4, 0.5) is 0 Å². The summed E-state index contributed by atoms with van der Waals surface area (Å²) in [7, 11) is 1.69. The summed E-state index contributed by atoms with van der Waals surface area (Å²) in [5.41, 5.74) is 2.62. The lowest BCUT2D eigenvalue weighted by molar-refractivity contribution is -0.122. The lowest BCUT2D eigenvalue weighted by Gasteiger charge is -2.32. The van der Waals surface area contributed by atoms with E-state index in [1.165, 1.54) is 11.1 Å². The number of carbonyl (C=O) groups is 1. The molecule has 27 heavy (non-hydrogen) atoms. The van der Waals surface area contributed by atoms with Gasteiger partial charge in [0.15, 0.2) is 5.96 Å². The van der Waals surface area contributed by atoms with Crippen molar-refractivity contribution in [3.63, 3.8) is 0 Å². The van der Waals surface area contributed by atoms with E-state index in [9.17, 15) is 4.79 Å². The number of benzene rings is 1. The monoisotopic (exact) mass is 373 g/mol. The van der Waals surface area contributed by atoms with Gasteiger partial charge in [0, 0.05) is 45.2 Å². The predicted molar refractivity (Wildman–Crippen MR) is 112 cm³/mol. The van der Waals surface area contributed by atoms with Gasteiger partial charge in [-0.2, -0.15) is 0 Å². The first-order chi connectivity index (χ1) is 13.0. The minimum atomic E-state index is 0.0847. The zero-order chi connectivity index (χ0) is 19.6. The van der Waals surface area contributed by atoms with Crippen LogP contribution in [0, 0.1) is 6.92 Å². The number of amides is 1. The minimum absolute atomic E-state index is 0.0847. The summed E-state index contributed by atoms with van der Waals surface area (Å²) in [5.74, 6) is 1.36. The maximum absolute atomic E-state index is 11.5. The Morgan fingerprint density at radius 3 is 2.70 bits per heavy atom. The largest absolute Gasteiger partial charge is 0.358 e. The van der Waals surface area contributed by atoms with E-state index in [0.717, 1.165) is 45.0 Å². The van der Waals surface area contributed by atoms with Gasteiger partial charge in [-0.1, -0.05) is 36.8 Å². The molecule has 1 heterocycles. The number of guanidine groups is 1. The predicted octanol–water partition coefficient (Wildman–Crippen LogP) is 1.86. The molecule has 1 aromatic carbocycles. The Hall–Kier alpha value is -2.08. The Morgan fingerprint density at radius 1 is 1.33 bits per heavy atom. The SMILES string of the molecule is CCNC(=NCC(C)c1cccc(C)c1)NC1CCN(CC(=O)NC)CC1. The average Bonchev–Trinajstić information content (AvgIpc) is 2.67. The Balaban J connectivity index is 1.86. The van der Waals surface area contributed by atoms with Crippen LogP contribution >= 0.6 is 0 Å². The number of carbonyl (C=O) groups excluding carboxylic acids is 1. The number of hydrogen-bond donors (Lipinski definition) is 3. The fourth-order valence-corrected chi connectivity index (χ4v) is 3.34. The highest BCUT2D eigenvalue weighted by Gasteiger charge is 2.21. The van der Waals surface area contributed by atoms with E-state index in [4.69, 9.17) is 4.99 Å². The molecule has 1 atom stereocenters. The van der Waals surface area contributed by atoms with Crippen molar-refractivity contribution >= 4 is 11.9 Å². The Kier molecular flexibility index (Phi) is 8.58. The molecule has 0 aliphatic carbocycles. The van der Waals surface area contributed by atoms with Crippen LogP contribution in [-0.2, 0) is 4.79 Å². The molecule has 1 aliphatic heterocycles. The number of hydrogen-bond acceptors (Lipinski definition) is 3. The molecule has 150 valence electrons. The molecule has 1 amide bonds. The summed E-state index contributed by atoms with van der Waals surface area (Å²) in [6.07, 6.45) is 2.05. The van der Waals surface area contributed by atoms with Crippen molar-refractivity contribution in [2.45, 2.75) is 45.6 Å². The van der Waals surface area contributed by atoms with E-state index in [1.54, 1.807) is 7.05 Å². The molecular formula is C21H35N5O. The maximum Gasteiger partial charge on any atom is 0.233 e. The number of piperidine rings is 1. The van der Waals surface area contributed by atoms with E-state index in [-0.39, 0.29) is 5.91 Å². The second-order valence-electron chi connectivity index (χ2n) is 7.40. The molecule has 2 rings (SSSR count). The van der Waals surface area contributed by atoms with E-state index in [1.807, 2.05) is 0 Å². The Morgan fingerprint density at radius 2 is 2.07 bits per heavy atom. The molecule has 1 aliphatic rings. The number of aryl methyl sites for hydroxylation is 1. The zero-order valence-corrected chi connectivity index (χ0v) is 17.2. The van der Waals surface area contributed by atoms with E-state index < -0.39 is 0 Å². The van der Waals surface area contributed by atoms with Gasteiger partial charge in [-0.15, -0.1) is 0 Å². The number of aliphatic imine (C=N–C) groups is 1. The highest BCUT2D eigenvalue weighted by molar-refractivity contribution is 5.80. The lowest BCUT2D eigenvalue weighted by Crippen LogP contribution is -2.50. The van der Waals surface area contributed by atoms with Gasteiger partial charge in [-0.25, -0.2) is 0 Å². The minimum Gasteiger partial charge on any atom is -0.358 e. The van der Waals surface area contributed by atoms with Crippen molar-refractivity contribution in [2.75, 3.05) is 39.8 Å². The number of nitrogens with zero attached hydrogens (tertiary/aromatic N) is 2. The van der Waals surface area contributed by atoms with Gasteiger partial charge in [0.25, 0.3) is 0 Å². The smallest absolute Gasteiger partial charge is 0.233 e. The molecule has 0 spiro atoms. The number of likely N-dealkylation sites (tertiary alicyclic amines) is 1. The molecule has 0 radical (unpaired) electrons. The van der Waals surface area contributed by atoms with Crippen LogP contribution in [0.5, 0.6) is 0 Å². The third-order valence-electron chi connectivity index (χ3n) is 5.05. The molecule has 0 saturated carbocycles. The number of likely N-dealkylation sites (N-methyl/N-ethyl adjacent to an activating group) is 1. The summed E-state index contributed by atoms with van der Waals surface area (Å²) in [6.45, 7) is 10.4. The van der Waals surface area contributed by atoms with Crippen LogP contribution in [-0.4, -0.2) is 62.6 Å². The third-order valence-corrected chi connectivity index (χ3v) is 5.05. The van der Waals surface area contributed by atoms with Gasteiger partial charge in [-0.05, 0) is 32.3 Å².